The van der Waals surface area contributed by atoms with Crippen molar-refractivity contribution in [2.75, 3.05) is 26.4 Å². The molecule has 1 aliphatic heterocycles. The minimum Gasteiger partial charge on any atom is -0.465 e. The standard InChI is InChI=1S/C32H37N5O8S/c1-32(2,15-16-34-30(35-21-33)45-24-11-7-4-8-12-24)20-37(46(41,42)25-13-14-28-29(18-25)44-22-43-28)19-27(38)26(36-31(39)40)17-23-9-5-3-6-10-23/h3-14,18,26-27,36,38H,15-17,19-20,22H2,1-2H3,(H,34,35)(H,39,40)/t26-,27+/m0/s1. The van der Waals surface area contributed by atoms with Gasteiger partial charge in [-0.2, -0.15) is 9.57 Å². The van der Waals surface area contributed by atoms with Gasteiger partial charge in [0.1, 0.15) is 5.75 Å². The van der Waals surface area contributed by atoms with Gasteiger partial charge in [-0.1, -0.05) is 62.4 Å². The molecule has 0 bridgehead atoms. The highest BCUT2D eigenvalue weighted by atomic mass is 32.2. The third-order valence-electron chi connectivity index (χ3n) is 7.21. The number of ether oxygens (including phenoxy) is 3. The number of benzene rings is 3. The fraction of sp³-hybridized carbons (Fsp3) is 0.344. The molecule has 0 spiro atoms. The number of hydrogen-bond donors (Lipinski definition) is 4. The number of aliphatic hydroxyl groups excluding tert-OH is 1. The molecule has 0 saturated heterocycles. The SMILES string of the molecule is CC(C)(CCN=C(NC#N)Oc1ccccc1)CN(C[C@@H](O)[C@H](Cc1ccccc1)NC(=O)O)S(=O)(=O)c1ccc2c(c1)OCO2. The summed E-state index contributed by atoms with van der Waals surface area (Å²) in [5.41, 5.74) is 0.0647. The number of sulfonamides is 1. The van der Waals surface area contributed by atoms with Crippen molar-refractivity contribution in [3.05, 3.63) is 84.4 Å². The van der Waals surface area contributed by atoms with E-state index in [2.05, 4.69) is 15.6 Å². The molecule has 14 heteroatoms. The average Bonchev–Trinajstić information content (AvgIpc) is 3.49. The first kappa shape index (κ1) is 34.0. The lowest BCUT2D eigenvalue weighted by molar-refractivity contribution is 0.0909. The number of fused-ring (bicyclic) bond motifs is 1. The van der Waals surface area contributed by atoms with Gasteiger partial charge in [-0.3, -0.25) is 0 Å². The number of nitrogens with one attached hydrogen (secondary N) is 2. The van der Waals surface area contributed by atoms with Gasteiger partial charge in [0, 0.05) is 25.7 Å². The molecule has 2 atom stereocenters. The van der Waals surface area contributed by atoms with Gasteiger partial charge in [0.15, 0.2) is 17.7 Å². The second kappa shape index (κ2) is 15.4. The van der Waals surface area contributed by atoms with Crippen LogP contribution in [0, 0.1) is 16.9 Å². The number of amidine groups is 1. The number of hydrogen-bond acceptors (Lipinski definition) is 9. The molecule has 0 aliphatic carbocycles. The van der Waals surface area contributed by atoms with E-state index in [0.717, 1.165) is 9.87 Å². The maximum atomic E-state index is 14.1. The van der Waals surface area contributed by atoms with Crippen LogP contribution in [0.15, 0.2) is 88.8 Å². The molecule has 0 unspecified atom stereocenters. The molecule has 0 saturated carbocycles. The zero-order valence-electron chi connectivity index (χ0n) is 25.5. The number of aliphatic hydroxyl groups is 1. The monoisotopic (exact) mass is 651 g/mol. The molecule has 0 radical (unpaired) electrons. The van der Waals surface area contributed by atoms with Crippen molar-refractivity contribution in [3.63, 3.8) is 0 Å². The van der Waals surface area contributed by atoms with Gasteiger partial charge in [-0.05, 0) is 48.1 Å². The number of aliphatic imine (C=N–C) groups is 1. The van der Waals surface area contributed by atoms with Gasteiger partial charge in [0.2, 0.25) is 16.8 Å². The van der Waals surface area contributed by atoms with Crippen LogP contribution in [0.2, 0.25) is 0 Å². The van der Waals surface area contributed by atoms with Gasteiger partial charge in [0.05, 0.1) is 17.0 Å². The maximum absolute atomic E-state index is 14.1. The molecule has 46 heavy (non-hydrogen) atoms. The first-order chi connectivity index (χ1) is 22.0. The highest BCUT2D eigenvalue weighted by molar-refractivity contribution is 7.89. The summed E-state index contributed by atoms with van der Waals surface area (Å²) in [6.07, 6.45) is -0.443. The highest BCUT2D eigenvalue weighted by Crippen LogP contribution is 2.35. The summed E-state index contributed by atoms with van der Waals surface area (Å²) in [7, 11) is -4.23. The average molecular weight is 652 g/mol. The Hall–Kier alpha value is -4.84. The lowest BCUT2D eigenvalue weighted by Crippen LogP contribution is -2.51. The van der Waals surface area contributed by atoms with E-state index in [4.69, 9.17) is 19.5 Å². The lowest BCUT2D eigenvalue weighted by Gasteiger charge is -2.34. The summed E-state index contributed by atoms with van der Waals surface area (Å²) in [5.74, 6) is 1.18. The lowest BCUT2D eigenvalue weighted by atomic mass is 9.89. The van der Waals surface area contributed by atoms with E-state index >= 15 is 0 Å². The third-order valence-corrected chi connectivity index (χ3v) is 9.02. The Labute approximate surface area is 268 Å². The number of rotatable bonds is 14. The van der Waals surface area contributed by atoms with Crippen LogP contribution in [0.25, 0.3) is 0 Å². The van der Waals surface area contributed by atoms with Gasteiger partial charge in [0.25, 0.3) is 0 Å². The zero-order valence-corrected chi connectivity index (χ0v) is 26.3. The van der Waals surface area contributed by atoms with Crippen LogP contribution in [0.5, 0.6) is 17.2 Å². The summed E-state index contributed by atoms with van der Waals surface area (Å²) < 4.78 is 45.8. The molecule has 1 amide bonds. The normalized spacial score (nSPS) is 14.3. The van der Waals surface area contributed by atoms with E-state index in [1.165, 1.54) is 18.2 Å². The molecule has 3 aromatic rings. The van der Waals surface area contributed by atoms with Crippen LogP contribution in [0.1, 0.15) is 25.8 Å². The predicted molar refractivity (Wildman–Crippen MR) is 169 cm³/mol. The van der Waals surface area contributed by atoms with Crippen molar-refractivity contribution in [2.45, 2.75) is 43.7 Å². The Bertz CT molecular complexity index is 1650. The van der Waals surface area contributed by atoms with Crippen molar-refractivity contribution in [2.24, 2.45) is 10.4 Å². The van der Waals surface area contributed by atoms with Crippen LogP contribution in [-0.4, -0.2) is 73.6 Å². The van der Waals surface area contributed by atoms with Crippen LogP contribution in [0.4, 0.5) is 4.79 Å². The molecule has 1 aliphatic rings. The molecule has 1 heterocycles. The molecular weight excluding hydrogens is 614 g/mol. The topological polar surface area (TPSA) is 183 Å². The van der Waals surface area contributed by atoms with Crippen LogP contribution >= 0.6 is 0 Å². The van der Waals surface area contributed by atoms with Crippen molar-refractivity contribution in [1.29, 1.82) is 5.26 Å². The Balaban J connectivity index is 1.57. The number of carbonyl (C=O) groups is 1. The Morgan fingerprint density at radius 1 is 1.09 bits per heavy atom. The molecule has 4 rings (SSSR count). The van der Waals surface area contributed by atoms with Gasteiger partial charge in [-0.25, -0.2) is 23.5 Å². The Morgan fingerprint density at radius 2 is 1.76 bits per heavy atom. The highest BCUT2D eigenvalue weighted by Gasteiger charge is 2.35. The largest absolute Gasteiger partial charge is 0.465 e. The van der Waals surface area contributed by atoms with Gasteiger partial charge >= 0.3 is 12.1 Å². The summed E-state index contributed by atoms with van der Waals surface area (Å²) >= 11 is 0. The summed E-state index contributed by atoms with van der Waals surface area (Å²) in [6, 6.07) is 21.1. The van der Waals surface area contributed by atoms with E-state index < -0.39 is 40.2 Å². The molecule has 244 valence electrons. The van der Waals surface area contributed by atoms with E-state index in [1.54, 1.807) is 54.7 Å². The van der Waals surface area contributed by atoms with Crippen LogP contribution < -0.4 is 24.8 Å². The molecule has 4 N–H and O–H groups in total. The van der Waals surface area contributed by atoms with Crippen molar-refractivity contribution in [1.82, 2.24) is 14.9 Å². The molecule has 13 nitrogen and oxygen atoms in total. The molecule has 0 aromatic heterocycles. The second-order valence-corrected chi connectivity index (χ2v) is 13.3. The maximum Gasteiger partial charge on any atom is 0.404 e. The molecule has 3 aromatic carbocycles. The second-order valence-electron chi connectivity index (χ2n) is 11.4. The number of nitriles is 1. The number of carboxylic acid groups (broad SMARTS) is 1. The predicted octanol–water partition coefficient (Wildman–Crippen LogP) is 3.57. The summed E-state index contributed by atoms with van der Waals surface area (Å²) in [5, 5.41) is 34.8. The van der Waals surface area contributed by atoms with Crippen molar-refractivity contribution < 1.29 is 37.6 Å². The number of para-hydroxylation sites is 1. The fourth-order valence-electron chi connectivity index (χ4n) is 4.84. The first-order valence-electron chi connectivity index (χ1n) is 14.5. The fourth-order valence-corrected chi connectivity index (χ4v) is 6.50. The molecular formula is C32H37N5O8S. The van der Waals surface area contributed by atoms with Gasteiger partial charge in [-0.15, -0.1) is 0 Å². The zero-order chi connectivity index (χ0) is 33.2. The quantitative estimate of drug-likeness (QED) is 0.0870. The van der Waals surface area contributed by atoms with Crippen molar-refractivity contribution in [3.8, 4) is 23.4 Å². The minimum atomic E-state index is -4.23. The van der Waals surface area contributed by atoms with E-state index in [1.807, 2.05) is 26.0 Å². The van der Waals surface area contributed by atoms with Gasteiger partial charge < -0.3 is 29.7 Å². The Kier molecular flexibility index (Phi) is 11.4. The van der Waals surface area contributed by atoms with E-state index in [0.29, 0.717) is 17.9 Å². The Morgan fingerprint density at radius 3 is 2.43 bits per heavy atom. The molecule has 0 fully saturated rings. The first-order valence-corrected chi connectivity index (χ1v) is 15.9. The van der Waals surface area contributed by atoms with Crippen LogP contribution in [-0.2, 0) is 16.4 Å². The third kappa shape index (κ3) is 9.58. The van der Waals surface area contributed by atoms with E-state index in [9.17, 15) is 23.4 Å². The minimum absolute atomic E-state index is 0.00624. The van der Waals surface area contributed by atoms with E-state index in [-0.39, 0.29) is 43.0 Å². The number of nitrogens with zero attached hydrogens (tertiary/aromatic N) is 3. The number of amides is 1. The van der Waals surface area contributed by atoms with Crippen molar-refractivity contribution >= 4 is 22.1 Å². The summed E-state index contributed by atoms with van der Waals surface area (Å²) in [6.45, 7) is 3.39. The van der Waals surface area contributed by atoms with Crippen LogP contribution in [0.3, 0.4) is 0 Å². The summed E-state index contributed by atoms with van der Waals surface area (Å²) in [4.78, 5) is 16.0. The smallest absolute Gasteiger partial charge is 0.404 e.